The van der Waals surface area contributed by atoms with E-state index >= 15 is 0 Å². The number of amides is 1. The predicted molar refractivity (Wildman–Crippen MR) is 128 cm³/mol. The fraction of sp³-hybridized carbons (Fsp3) is 0.458. The topological polar surface area (TPSA) is 66.1 Å². The molecule has 0 radical (unpaired) electrons. The number of carbonyl (C=O) groups is 1. The smallest absolute Gasteiger partial charge is 0.259 e. The van der Waals surface area contributed by atoms with Crippen LogP contribution in [0.3, 0.4) is 0 Å². The number of benzene rings is 1. The van der Waals surface area contributed by atoms with Gasteiger partial charge in [0.1, 0.15) is 10.7 Å². The normalized spacial score (nSPS) is 18.1. The lowest BCUT2D eigenvalue weighted by atomic mass is 10.0. The molecule has 31 heavy (non-hydrogen) atoms. The molecule has 1 N–H and O–H groups in total. The zero-order chi connectivity index (χ0) is 21.2. The molecule has 2 aromatic heterocycles. The Balaban J connectivity index is 1.14. The zero-order valence-electron chi connectivity index (χ0n) is 17.6. The lowest BCUT2D eigenvalue weighted by Crippen LogP contribution is -2.37. The molecule has 0 saturated carbocycles. The Morgan fingerprint density at radius 2 is 2.10 bits per heavy atom. The van der Waals surface area contributed by atoms with E-state index in [2.05, 4.69) is 34.1 Å². The molecule has 3 aromatic rings. The minimum absolute atomic E-state index is 0.00287. The van der Waals surface area contributed by atoms with Crippen molar-refractivity contribution in [2.45, 2.75) is 56.7 Å². The Kier molecular flexibility index (Phi) is 6.14. The number of nitrogens with zero attached hydrogens (tertiary/aromatic N) is 2. The third kappa shape index (κ3) is 4.44. The number of aromatic nitrogens is 2. The standard InChI is InChI=1S/C24H27N3O2S2/c28-21(27-12-5-8-17(27)14-16-6-2-1-3-7-16)11-13-30-15-20-25-23(29)22-18-9-4-10-19(18)31-24(22)26-20/h1-3,6-7,17H,4-5,8-15H2,(H,25,26,29). The van der Waals surface area contributed by atoms with Crippen molar-refractivity contribution in [1.82, 2.24) is 14.9 Å². The summed E-state index contributed by atoms with van der Waals surface area (Å²) in [6.45, 7) is 0.871. The molecule has 1 aromatic carbocycles. The first-order valence-electron chi connectivity index (χ1n) is 11.1. The van der Waals surface area contributed by atoms with E-state index in [1.807, 2.05) is 6.07 Å². The average Bonchev–Trinajstić information content (AvgIpc) is 3.48. The van der Waals surface area contributed by atoms with Crippen molar-refractivity contribution < 1.29 is 4.79 Å². The summed E-state index contributed by atoms with van der Waals surface area (Å²) in [5.74, 6) is 2.35. The van der Waals surface area contributed by atoms with E-state index in [1.54, 1.807) is 23.1 Å². The highest BCUT2D eigenvalue weighted by atomic mass is 32.2. The molecular formula is C24H27N3O2S2. The molecule has 5 nitrogen and oxygen atoms in total. The highest BCUT2D eigenvalue weighted by Crippen LogP contribution is 2.34. The van der Waals surface area contributed by atoms with Crippen LogP contribution in [0, 0.1) is 0 Å². The molecule has 162 valence electrons. The third-order valence-electron chi connectivity index (χ3n) is 6.33. The second-order valence-electron chi connectivity index (χ2n) is 8.43. The molecule has 2 aliphatic rings. The lowest BCUT2D eigenvalue weighted by Gasteiger charge is -2.25. The fourth-order valence-electron chi connectivity index (χ4n) is 4.85. The molecule has 1 fully saturated rings. The third-order valence-corrected chi connectivity index (χ3v) is 8.49. The van der Waals surface area contributed by atoms with Gasteiger partial charge in [-0.1, -0.05) is 30.3 Å². The van der Waals surface area contributed by atoms with Crippen molar-refractivity contribution in [3.05, 3.63) is 62.5 Å². The van der Waals surface area contributed by atoms with Gasteiger partial charge >= 0.3 is 0 Å². The van der Waals surface area contributed by atoms with E-state index in [9.17, 15) is 9.59 Å². The summed E-state index contributed by atoms with van der Waals surface area (Å²) in [5.41, 5.74) is 2.51. The summed E-state index contributed by atoms with van der Waals surface area (Å²) >= 11 is 3.35. The Hall–Kier alpha value is -2.12. The molecule has 1 aliphatic heterocycles. The second kappa shape index (κ2) is 9.17. The molecule has 7 heteroatoms. The fourth-order valence-corrected chi connectivity index (χ4v) is 6.92. The average molecular weight is 454 g/mol. The second-order valence-corrected chi connectivity index (χ2v) is 10.6. The number of thioether (sulfide) groups is 1. The zero-order valence-corrected chi connectivity index (χ0v) is 19.2. The SMILES string of the molecule is O=C(CCSCc1nc2sc3c(c2c(=O)[nH]1)CCC3)N1CCCC1Cc1ccccc1. The molecular weight excluding hydrogens is 426 g/mol. The molecule has 0 spiro atoms. The van der Waals surface area contributed by atoms with Gasteiger partial charge in [-0.25, -0.2) is 4.98 Å². The van der Waals surface area contributed by atoms with E-state index in [4.69, 9.17) is 4.98 Å². The number of likely N-dealkylation sites (tertiary alicyclic amines) is 1. The lowest BCUT2D eigenvalue weighted by molar-refractivity contribution is -0.131. The first kappa shape index (κ1) is 20.8. The Morgan fingerprint density at radius 1 is 1.23 bits per heavy atom. The van der Waals surface area contributed by atoms with E-state index in [-0.39, 0.29) is 11.5 Å². The summed E-state index contributed by atoms with van der Waals surface area (Å²) in [6.07, 6.45) is 6.87. The summed E-state index contributed by atoms with van der Waals surface area (Å²) in [7, 11) is 0. The monoisotopic (exact) mass is 453 g/mol. The first-order valence-corrected chi connectivity index (χ1v) is 13.1. The van der Waals surface area contributed by atoms with Crippen LogP contribution in [0.25, 0.3) is 10.2 Å². The number of rotatable bonds is 7. The van der Waals surface area contributed by atoms with Crippen molar-refractivity contribution in [1.29, 1.82) is 0 Å². The number of fused-ring (bicyclic) bond motifs is 3. The van der Waals surface area contributed by atoms with Crippen LogP contribution in [0.1, 0.15) is 47.5 Å². The number of hydrogen-bond acceptors (Lipinski definition) is 5. The van der Waals surface area contributed by atoms with Crippen LogP contribution in [0.15, 0.2) is 35.1 Å². The van der Waals surface area contributed by atoms with Gasteiger partial charge in [0.15, 0.2) is 0 Å². The van der Waals surface area contributed by atoms with Gasteiger partial charge in [0.2, 0.25) is 5.91 Å². The van der Waals surface area contributed by atoms with Gasteiger partial charge in [0.05, 0.1) is 11.1 Å². The van der Waals surface area contributed by atoms with E-state index < -0.39 is 0 Å². The highest BCUT2D eigenvalue weighted by Gasteiger charge is 2.28. The number of carbonyl (C=O) groups excluding carboxylic acids is 1. The molecule has 1 aliphatic carbocycles. The Morgan fingerprint density at radius 3 is 2.97 bits per heavy atom. The van der Waals surface area contributed by atoms with E-state index in [0.29, 0.717) is 18.2 Å². The minimum atomic E-state index is -0.00287. The van der Waals surface area contributed by atoms with Crippen molar-refractivity contribution in [2.24, 2.45) is 0 Å². The molecule has 1 atom stereocenters. The highest BCUT2D eigenvalue weighted by molar-refractivity contribution is 7.98. The number of hydrogen-bond donors (Lipinski definition) is 1. The van der Waals surface area contributed by atoms with Gasteiger partial charge in [0, 0.05) is 29.6 Å². The maximum absolute atomic E-state index is 12.8. The number of aromatic amines is 1. The molecule has 0 bridgehead atoms. The summed E-state index contributed by atoms with van der Waals surface area (Å²) in [4.78, 5) is 37.3. The summed E-state index contributed by atoms with van der Waals surface area (Å²) in [6, 6.07) is 10.8. The van der Waals surface area contributed by atoms with Crippen molar-refractivity contribution in [2.75, 3.05) is 12.3 Å². The quantitative estimate of drug-likeness (QED) is 0.541. The largest absolute Gasteiger partial charge is 0.339 e. The van der Waals surface area contributed by atoms with Crippen LogP contribution in [0.4, 0.5) is 0 Å². The molecule has 1 unspecified atom stereocenters. The number of H-pyrrole nitrogens is 1. The Labute approximate surface area is 190 Å². The molecule has 3 heterocycles. The van der Waals surface area contributed by atoms with Gasteiger partial charge in [0.25, 0.3) is 5.56 Å². The number of nitrogens with one attached hydrogen (secondary N) is 1. The maximum atomic E-state index is 12.8. The van der Waals surface area contributed by atoms with Gasteiger partial charge in [-0.05, 0) is 49.7 Å². The number of thiophene rings is 1. The van der Waals surface area contributed by atoms with Gasteiger partial charge in [-0.3, -0.25) is 9.59 Å². The maximum Gasteiger partial charge on any atom is 0.259 e. The Bertz CT molecular complexity index is 1140. The van der Waals surface area contributed by atoms with Crippen molar-refractivity contribution in [3.63, 3.8) is 0 Å². The van der Waals surface area contributed by atoms with E-state index in [0.717, 1.165) is 66.9 Å². The van der Waals surface area contributed by atoms with Crippen LogP contribution in [0.2, 0.25) is 0 Å². The van der Waals surface area contributed by atoms with Gasteiger partial charge in [-0.15, -0.1) is 11.3 Å². The molecule has 5 rings (SSSR count). The predicted octanol–water partition coefficient (Wildman–Crippen LogP) is 4.33. The van der Waals surface area contributed by atoms with Crippen LogP contribution in [-0.4, -0.2) is 39.1 Å². The number of aryl methyl sites for hydroxylation is 2. The van der Waals surface area contributed by atoms with Crippen molar-refractivity contribution >= 4 is 39.2 Å². The van der Waals surface area contributed by atoms with Crippen LogP contribution in [-0.2, 0) is 29.8 Å². The van der Waals surface area contributed by atoms with Gasteiger partial charge < -0.3 is 9.88 Å². The van der Waals surface area contributed by atoms with E-state index in [1.165, 1.54) is 16.0 Å². The summed E-state index contributed by atoms with van der Waals surface area (Å²) in [5, 5.41) is 0.805. The minimum Gasteiger partial charge on any atom is -0.339 e. The van der Waals surface area contributed by atoms with Gasteiger partial charge in [-0.2, -0.15) is 11.8 Å². The first-order chi connectivity index (χ1) is 15.2. The van der Waals surface area contributed by atoms with Crippen LogP contribution >= 0.6 is 23.1 Å². The van der Waals surface area contributed by atoms with Crippen LogP contribution in [0.5, 0.6) is 0 Å². The van der Waals surface area contributed by atoms with Crippen LogP contribution < -0.4 is 5.56 Å². The molecule has 1 saturated heterocycles. The van der Waals surface area contributed by atoms with Crippen molar-refractivity contribution in [3.8, 4) is 0 Å². The molecule has 1 amide bonds. The summed E-state index contributed by atoms with van der Waals surface area (Å²) < 4.78 is 0.